The van der Waals surface area contributed by atoms with Gasteiger partial charge in [0.25, 0.3) is 0 Å². The zero-order chi connectivity index (χ0) is 24.7. The Bertz CT molecular complexity index is 1570. The van der Waals surface area contributed by atoms with Crippen LogP contribution in [0.25, 0.3) is 27.6 Å². The van der Waals surface area contributed by atoms with Gasteiger partial charge in [-0.15, -0.1) is 0 Å². The number of benzene rings is 5. The van der Waals surface area contributed by atoms with Crippen molar-refractivity contribution in [1.29, 1.82) is 0 Å². The summed E-state index contributed by atoms with van der Waals surface area (Å²) in [5.74, 6) is 0. The van der Waals surface area contributed by atoms with E-state index in [4.69, 9.17) is 0 Å². The van der Waals surface area contributed by atoms with Crippen LogP contribution in [-0.4, -0.2) is 7.05 Å². The van der Waals surface area contributed by atoms with Crippen molar-refractivity contribution in [2.24, 2.45) is 0 Å². The molecule has 0 saturated heterocycles. The lowest BCUT2D eigenvalue weighted by molar-refractivity contribution is 1.21. The van der Waals surface area contributed by atoms with E-state index in [2.05, 4.69) is 164 Å². The molecule has 0 bridgehead atoms. The maximum atomic E-state index is 3.46. The van der Waals surface area contributed by atoms with Crippen LogP contribution in [-0.2, 0) is 0 Å². The second-order valence-corrected chi connectivity index (χ2v) is 8.96. The van der Waals surface area contributed by atoms with Crippen molar-refractivity contribution in [2.45, 2.75) is 6.92 Å². The Kier molecular flexibility index (Phi) is 6.95. The number of nitrogens with one attached hydrogen (secondary N) is 1. The van der Waals surface area contributed by atoms with Gasteiger partial charge in [-0.05, 0) is 76.5 Å². The van der Waals surface area contributed by atoms with Gasteiger partial charge in [-0.2, -0.15) is 0 Å². The maximum absolute atomic E-state index is 3.46. The molecule has 2 nitrogen and oxygen atoms in total. The highest BCUT2D eigenvalue weighted by Gasteiger charge is 2.04. The van der Waals surface area contributed by atoms with Gasteiger partial charge in [-0.1, -0.05) is 97.1 Å². The number of nitrogens with zero attached hydrogens (tertiary/aromatic N) is 1. The fourth-order valence-corrected chi connectivity index (χ4v) is 4.31. The highest BCUT2D eigenvalue weighted by Crippen LogP contribution is 2.27. The number of anilines is 3. The monoisotopic (exact) mass is 466 g/mol. The zero-order valence-electron chi connectivity index (χ0n) is 20.7. The summed E-state index contributed by atoms with van der Waals surface area (Å²) in [6, 6.07) is 38.5. The van der Waals surface area contributed by atoms with E-state index in [1.165, 1.54) is 32.8 Å². The Morgan fingerprint density at radius 3 is 1.94 bits per heavy atom. The molecule has 5 rings (SSSR count). The number of fused-ring (bicyclic) bond motifs is 2. The third-order valence-corrected chi connectivity index (χ3v) is 6.35. The fourth-order valence-electron chi connectivity index (χ4n) is 4.31. The molecule has 0 amide bonds. The van der Waals surface area contributed by atoms with Gasteiger partial charge in [0.1, 0.15) is 0 Å². The Hall–Kier alpha value is -4.56. The Balaban J connectivity index is 1.18. The van der Waals surface area contributed by atoms with Crippen molar-refractivity contribution in [3.63, 3.8) is 0 Å². The molecule has 0 aromatic heterocycles. The van der Waals surface area contributed by atoms with Gasteiger partial charge in [0.05, 0.1) is 0 Å². The van der Waals surface area contributed by atoms with E-state index in [9.17, 15) is 0 Å². The molecule has 176 valence electrons. The van der Waals surface area contributed by atoms with Crippen molar-refractivity contribution < 1.29 is 0 Å². The smallest absolute Gasteiger partial charge is 0.0414 e. The molecule has 1 N–H and O–H groups in total. The zero-order valence-corrected chi connectivity index (χ0v) is 20.7. The highest BCUT2D eigenvalue weighted by atomic mass is 15.1. The molecule has 5 aromatic carbocycles. The summed E-state index contributed by atoms with van der Waals surface area (Å²) in [5, 5.41) is 8.47. The molecule has 0 spiro atoms. The minimum Gasteiger partial charge on any atom is -0.359 e. The fraction of sp³-hybridized carbons (Fsp3) is 0.0588. The standard InChI is InChI=1S/C34H30N2/c1-26(35-32-20-18-28-12-6-8-14-30(28)24-32)10-4-3-5-11-27-16-21-33(22-17-27)36(2)34-23-19-29-13-7-9-15-31(29)25-34/h3-25,35H,1-2H3/b4-3+,11-5+,26-10+. The average molecular weight is 467 g/mol. The van der Waals surface area contributed by atoms with Gasteiger partial charge >= 0.3 is 0 Å². The summed E-state index contributed by atoms with van der Waals surface area (Å²) in [5.41, 5.74) is 5.71. The van der Waals surface area contributed by atoms with Crippen LogP contribution >= 0.6 is 0 Å². The van der Waals surface area contributed by atoms with Crippen LogP contribution in [0.1, 0.15) is 12.5 Å². The van der Waals surface area contributed by atoms with Gasteiger partial charge in [0.2, 0.25) is 0 Å². The van der Waals surface area contributed by atoms with Gasteiger partial charge in [0.15, 0.2) is 0 Å². The van der Waals surface area contributed by atoms with Crippen molar-refractivity contribution in [3.05, 3.63) is 145 Å². The number of allylic oxidation sites excluding steroid dienone is 5. The first-order valence-corrected chi connectivity index (χ1v) is 12.3. The van der Waals surface area contributed by atoms with Crippen molar-refractivity contribution in [3.8, 4) is 0 Å². The Morgan fingerprint density at radius 2 is 1.22 bits per heavy atom. The molecular weight excluding hydrogens is 436 g/mol. The molecule has 0 radical (unpaired) electrons. The molecule has 5 aromatic rings. The second-order valence-electron chi connectivity index (χ2n) is 8.96. The average Bonchev–Trinajstić information content (AvgIpc) is 2.92. The van der Waals surface area contributed by atoms with E-state index in [0.29, 0.717) is 0 Å². The van der Waals surface area contributed by atoms with Crippen LogP contribution in [0.4, 0.5) is 17.1 Å². The van der Waals surface area contributed by atoms with Crippen molar-refractivity contribution >= 4 is 44.7 Å². The lowest BCUT2D eigenvalue weighted by Crippen LogP contribution is -2.09. The van der Waals surface area contributed by atoms with Gasteiger partial charge in [0, 0.05) is 29.8 Å². The minimum absolute atomic E-state index is 1.09. The van der Waals surface area contributed by atoms with Gasteiger partial charge in [-0.3, -0.25) is 0 Å². The van der Waals surface area contributed by atoms with Crippen molar-refractivity contribution in [1.82, 2.24) is 0 Å². The van der Waals surface area contributed by atoms with Crippen LogP contribution < -0.4 is 10.2 Å². The predicted molar refractivity (Wildman–Crippen MR) is 158 cm³/mol. The minimum atomic E-state index is 1.09. The number of rotatable bonds is 7. The van der Waals surface area contributed by atoms with Crippen LogP contribution in [0.2, 0.25) is 0 Å². The molecule has 36 heavy (non-hydrogen) atoms. The molecule has 0 saturated carbocycles. The first-order valence-electron chi connectivity index (χ1n) is 12.3. The summed E-state index contributed by atoms with van der Waals surface area (Å²) >= 11 is 0. The third-order valence-electron chi connectivity index (χ3n) is 6.35. The molecule has 0 fully saturated rings. The van der Waals surface area contributed by atoms with E-state index in [1.54, 1.807) is 0 Å². The van der Waals surface area contributed by atoms with Gasteiger partial charge in [-0.25, -0.2) is 0 Å². The summed E-state index contributed by atoms with van der Waals surface area (Å²) in [7, 11) is 2.11. The number of hydrogen-bond donors (Lipinski definition) is 1. The molecule has 0 aliphatic rings. The number of hydrogen-bond acceptors (Lipinski definition) is 2. The van der Waals surface area contributed by atoms with Crippen LogP contribution in [0.5, 0.6) is 0 Å². The lowest BCUT2D eigenvalue weighted by Gasteiger charge is -2.20. The van der Waals surface area contributed by atoms with Crippen LogP contribution in [0.3, 0.4) is 0 Å². The van der Waals surface area contributed by atoms with E-state index in [1.807, 2.05) is 0 Å². The summed E-state index contributed by atoms with van der Waals surface area (Å²) in [6.45, 7) is 2.08. The van der Waals surface area contributed by atoms with E-state index in [0.717, 1.165) is 17.1 Å². The van der Waals surface area contributed by atoms with Crippen LogP contribution in [0, 0.1) is 0 Å². The maximum Gasteiger partial charge on any atom is 0.0414 e. The molecule has 0 unspecified atom stereocenters. The first kappa shape index (κ1) is 23.2. The molecular formula is C34H30N2. The molecule has 0 atom stereocenters. The first-order chi connectivity index (χ1) is 17.7. The topological polar surface area (TPSA) is 15.3 Å². The molecule has 0 heterocycles. The summed E-state index contributed by atoms with van der Waals surface area (Å²) in [6.07, 6.45) is 10.4. The van der Waals surface area contributed by atoms with Crippen LogP contribution in [0.15, 0.2) is 139 Å². The second kappa shape index (κ2) is 10.8. The van der Waals surface area contributed by atoms with E-state index >= 15 is 0 Å². The quantitative estimate of drug-likeness (QED) is 0.240. The predicted octanol–water partition coefficient (Wildman–Crippen LogP) is 9.35. The molecule has 0 aliphatic heterocycles. The summed E-state index contributed by atoms with van der Waals surface area (Å²) < 4.78 is 0. The summed E-state index contributed by atoms with van der Waals surface area (Å²) in [4.78, 5) is 2.22. The van der Waals surface area contributed by atoms with E-state index < -0.39 is 0 Å². The van der Waals surface area contributed by atoms with Crippen molar-refractivity contribution in [2.75, 3.05) is 17.3 Å². The van der Waals surface area contributed by atoms with Gasteiger partial charge < -0.3 is 10.2 Å². The normalized spacial score (nSPS) is 12.1. The van der Waals surface area contributed by atoms with E-state index in [-0.39, 0.29) is 0 Å². The Labute approximate surface area is 213 Å². The lowest BCUT2D eigenvalue weighted by atomic mass is 10.1. The molecule has 2 heteroatoms. The SMILES string of the molecule is C\C(=C/C=C/C=C/c1ccc(N(C)c2ccc3ccccc3c2)cc1)Nc1ccc2ccccc2c1. The highest BCUT2D eigenvalue weighted by molar-refractivity contribution is 5.87. The third kappa shape index (κ3) is 5.56. The largest absolute Gasteiger partial charge is 0.359 e. The molecule has 0 aliphatic carbocycles. The Morgan fingerprint density at radius 1 is 0.611 bits per heavy atom.